The molecule has 0 aromatic carbocycles. The Morgan fingerprint density at radius 2 is 2.00 bits per heavy atom. The molecule has 0 unspecified atom stereocenters. The van der Waals surface area contributed by atoms with Crippen LogP contribution in [0.2, 0.25) is 0 Å². The molecule has 5 heteroatoms. The van der Waals surface area contributed by atoms with E-state index in [-0.39, 0.29) is 5.91 Å². The van der Waals surface area contributed by atoms with E-state index in [0.29, 0.717) is 37.4 Å². The average Bonchev–Trinajstić information content (AvgIpc) is 2.94. The van der Waals surface area contributed by atoms with Crippen molar-refractivity contribution in [2.24, 2.45) is 0 Å². The molecule has 2 aromatic heterocycles. The lowest BCUT2D eigenvalue weighted by Crippen LogP contribution is -2.45. The Balaban J connectivity index is 1.71. The van der Waals surface area contributed by atoms with E-state index in [2.05, 4.69) is 4.98 Å². The van der Waals surface area contributed by atoms with Crippen molar-refractivity contribution in [3.63, 3.8) is 0 Å². The van der Waals surface area contributed by atoms with Gasteiger partial charge in [-0.3, -0.25) is 9.78 Å². The average molecular weight is 300 g/mol. The van der Waals surface area contributed by atoms with Crippen molar-refractivity contribution in [2.45, 2.75) is 32.3 Å². The van der Waals surface area contributed by atoms with Crippen LogP contribution in [-0.4, -0.2) is 34.0 Å². The minimum atomic E-state index is -0.956. The second-order valence-corrected chi connectivity index (χ2v) is 5.98. The number of hydrogen-bond acceptors (Lipinski definition) is 4. The Hall–Kier alpha value is -2.14. The van der Waals surface area contributed by atoms with Crippen LogP contribution >= 0.6 is 0 Å². The van der Waals surface area contributed by atoms with Gasteiger partial charge in [-0.25, -0.2) is 0 Å². The van der Waals surface area contributed by atoms with E-state index in [4.69, 9.17) is 4.42 Å². The molecule has 1 N–H and O–H groups in total. The molecule has 1 fully saturated rings. The van der Waals surface area contributed by atoms with Gasteiger partial charge in [-0.15, -0.1) is 0 Å². The van der Waals surface area contributed by atoms with Gasteiger partial charge in [0.2, 0.25) is 0 Å². The number of piperidine rings is 1. The molecule has 1 aliphatic heterocycles. The molecule has 0 saturated carbocycles. The third kappa shape index (κ3) is 2.64. The number of rotatable bonds is 2. The summed E-state index contributed by atoms with van der Waals surface area (Å²) in [6.07, 6.45) is 4.25. The van der Waals surface area contributed by atoms with Gasteiger partial charge in [0.05, 0.1) is 12.0 Å². The van der Waals surface area contributed by atoms with Crippen LogP contribution in [0.5, 0.6) is 0 Å². The Labute approximate surface area is 129 Å². The summed E-state index contributed by atoms with van der Waals surface area (Å²) in [7, 11) is 0. The van der Waals surface area contributed by atoms with Gasteiger partial charge in [0.15, 0.2) is 5.76 Å². The van der Waals surface area contributed by atoms with Crippen LogP contribution in [0.4, 0.5) is 0 Å². The predicted molar refractivity (Wildman–Crippen MR) is 81.5 cm³/mol. The lowest BCUT2D eigenvalue weighted by atomic mass is 9.87. The highest BCUT2D eigenvalue weighted by molar-refractivity contribution is 5.92. The number of carbonyl (C=O) groups excluding carboxylic acids is 1. The summed E-state index contributed by atoms with van der Waals surface area (Å²) >= 11 is 0. The van der Waals surface area contributed by atoms with E-state index in [0.717, 1.165) is 11.1 Å². The number of aliphatic hydroxyl groups is 1. The van der Waals surface area contributed by atoms with E-state index >= 15 is 0 Å². The molecule has 1 aliphatic rings. The number of pyridine rings is 1. The van der Waals surface area contributed by atoms with Crippen molar-refractivity contribution in [1.82, 2.24) is 9.88 Å². The number of nitrogens with zero attached hydrogens (tertiary/aromatic N) is 2. The standard InChI is InChI=1S/C17H20N2O3/c1-12-3-4-14(18-11-12)17(21)6-8-19(9-7-17)16(20)15-13(2)5-10-22-15/h3-5,10-11,21H,6-9H2,1-2H3. The zero-order chi connectivity index (χ0) is 15.7. The van der Waals surface area contributed by atoms with Crippen molar-refractivity contribution in [3.8, 4) is 0 Å². The lowest BCUT2D eigenvalue weighted by molar-refractivity contribution is -0.0250. The molecule has 1 amide bonds. The highest BCUT2D eigenvalue weighted by Gasteiger charge is 2.37. The van der Waals surface area contributed by atoms with Crippen LogP contribution in [0.3, 0.4) is 0 Å². The number of hydrogen-bond donors (Lipinski definition) is 1. The summed E-state index contributed by atoms with van der Waals surface area (Å²) in [6, 6.07) is 5.59. The number of amides is 1. The zero-order valence-electron chi connectivity index (χ0n) is 12.9. The quantitative estimate of drug-likeness (QED) is 0.925. The van der Waals surface area contributed by atoms with Crippen LogP contribution in [0.25, 0.3) is 0 Å². The predicted octanol–water partition coefficient (Wildman–Crippen LogP) is 2.42. The van der Waals surface area contributed by atoms with Gasteiger partial charge in [0.25, 0.3) is 5.91 Å². The third-order valence-corrected chi connectivity index (χ3v) is 4.32. The Morgan fingerprint density at radius 1 is 1.27 bits per heavy atom. The molecule has 5 nitrogen and oxygen atoms in total. The summed E-state index contributed by atoms with van der Waals surface area (Å²) < 4.78 is 5.26. The van der Waals surface area contributed by atoms with Gasteiger partial charge in [0.1, 0.15) is 5.60 Å². The fourth-order valence-electron chi connectivity index (χ4n) is 2.81. The summed E-state index contributed by atoms with van der Waals surface area (Å²) in [5.41, 5.74) is 1.63. The molecule has 116 valence electrons. The summed E-state index contributed by atoms with van der Waals surface area (Å²) in [4.78, 5) is 18.5. The van der Waals surface area contributed by atoms with Crippen molar-refractivity contribution >= 4 is 5.91 Å². The fourth-order valence-corrected chi connectivity index (χ4v) is 2.81. The van der Waals surface area contributed by atoms with Crippen LogP contribution in [0.1, 0.15) is 40.2 Å². The van der Waals surface area contributed by atoms with Crippen molar-refractivity contribution in [3.05, 3.63) is 53.2 Å². The van der Waals surface area contributed by atoms with Crippen molar-refractivity contribution < 1.29 is 14.3 Å². The molecule has 2 aromatic rings. The molecule has 3 heterocycles. The minimum absolute atomic E-state index is 0.110. The SMILES string of the molecule is Cc1ccc(C2(O)CCN(C(=O)c3occc3C)CC2)nc1. The van der Waals surface area contributed by atoms with E-state index in [1.807, 2.05) is 26.0 Å². The first-order chi connectivity index (χ1) is 10.5. The normalized spacial score (nSPS) is 17.5. The fraction of sp³-hybridized carbons (Fsp3) is 0.412. The molecule has 0 radical (unpaired) electrons. The molecular weight excluding hydrogens is 280 g/mol. The van der Waals surface area contributed by atoms with E-state index < -0.39 is 5.60 Å². The van der Waals surface area contributed by atoms with Crippen LogP contribution in [-0.2, 0) is 5.60 Å². The van der Waals surface area contributed by atoms with Crippen molar-refractivity contribution in [2.75, 3.05) is 13.1 Å². The first kappa shape index (κ1) is 14.8. The first-order valence-corrected chi connectivity index (χ1v) is 7.48. The van der Waals surface area contributed by atoms with Gasteiger partial charge >= 0.3 is 0 Å². The highest BCUT2D eigenvalue weighted by atomic mass is 16.3. The van der Waals surface area contributed by atoms with Crippen LogP contribution in [0, 0.1) is 13.8 Å². The Morgan fingerprint density at radius 3 is 2.55 bits per heavy atom. The topological polar surface area (TPSA) is 66.6 Å². The second-order valence-electron chi connectivity index (χ2n) is 5.98. The second kappa shape index (κ2) is 5.57. The van der Waals surface area contributed by atoms with Gasteiger partial charge in [-0.2, -0.15) is 0 Å². The molecule has 22 heavy (non-hydrogen) atoms. The molecule has 0 atom stereocenters. The maximum Gasteiger partial charge on any atom is 0.289 e. The van der Waals surface area contributed by atoms with Gasteiger partial charge in [-0.05, 0) is 44.4 Å². The maximum absolute atomic E-state index is 12.4. The molecule has 0 spiro atoms. The number of carbonyl (C=O) groups is 1. The first-order valence-electron chi connectivity index (χ1n) is 7.48. The number of aromatic nitrogens is 1. The maximum atomic E-state index is 12.4. The molecule has 3 rings (SSSR count). The molecule has 0 aliphatic carbocycles. The van der Waals surface area contributed by atoms with Crippen LogP contribution < -0.4 is 0 Å². The monoisotopic (exact) mass is 300 g/mol. The third-order valence-electron chi connectivity index (χ3n) is 4.32. The van der Waals surface area contributed by atoms with Gasteiger partial charge < -0.3 is 14.4 Å². The number of aryl methyl sites for hydroxylation is 2. The smallest absolute Gasteiger partial charge is 0.289 e. The highest BCUT2D eigenvalue weighted by Crippen LogP contribution is 2.32. The van der Waals surface area contributed by atoms with Gasteiger partial charge in [0, 0.05) is 24.8 Å². The summed E-state index contributed by atoms with van der Waals surface area (Å²) in [5.74, 6) is 0.278. The molecule has 1 saturated heterocycles. The molecular formula is C17H20N2O3. The van der Waals surface area contributed by atoms with Crippen molar-refractivity contribution in [1.29, 1.82) is 0 Å². The molecule has 0 bridgehead atoms. The lowest BCUT2D eigenvalue weighted by Gasteiger charge is -2.37. The largest absolute Gasteiger partial charge is 0.459 e. The summed E-state index contributed by atoms with van der Waals surface area (Å²) in [5, 5.41) is 10.8. The Bertz CT molecular complexity index is 667. The zero-order valence-corrected chi connectivity index (χ0v) is 12.9. The number of likely N-dealkylation sites (tertiary alicyclic amines) is 1. The van der Waals surface area contributed by atoms with Gasteiger partial charge in [-0.1, -0.05) is 6.07 Å². The Kier molecular flexibility index (Phi) is 3.74. The number of furan rings is 1. The van der Waals surface area contributed by atoms with E-state index in [9.17, 15) is 9.90 Å². The van der Waals surface area contributed by atoms with Crippen LogP contribution in [0.15, 0.2) is 35.1 Å². The van der Waals surface area contributed by atoms with E-state index in [1.165, 1.54) is 6.26 Å². The summed E-state index contributed by atoms with van der Waals surface area (Å²) in [6.45, 7) is 4.80. The van der Waals surface area contributed by atoms with E-state index in [1.54, 1.807) is 17.2 Å². The minimum Gasteiger partial charge on any atom is -0.459 e.